The summed E-state index contributed by atoms with van der Waals surface area (Å²) < 4.78 is 55.9. The minimum atomic E-state index is -3.56. The van der Waals surface area contributed by atoms with E-state index in [9.17, 15) is 22.0 Å². The summed E-state index contributed by atoms with van der Waals surface area (Å²) in [6, 6.07) is 12.0. The zero-order valence-corrected chi connectivity index (χ0v) is 20.5. The second-order valence-electron chi connectivity index (χ2n) is 9.19. The summed E-state index contributed by atoms with van der Waals surface area (Å²) in [5.41, 5.74) is 2.42. The van der Waals surface area contributed by atoms with Crippen molar-refractivity contribution in [2.75, 3.05) is 23.7 Å². The molecule has 0 unspecified atom stereocenters. The highest BCUT2D eigenvalue weighted by molar-refractivity contribution is 7.89. The highest BCUT2D eigenvalue weighted by Gasteiger charge is 2.36. The molecule has 2 aliphatic rings. The van der Waals surface area contributed by atoms with Crippen molar-refractivity contribution in [1.29, 1.82) is 0 Å². The number of fused-ring (bicyclic) bond motifs is 1. The van der Waals surface area contributed by atoms with Gasteiger partial charge in [0.2, 0.25) is 10.0 Å². The van der Waals surface area contributed by atoms with Gasteiger partial charge in [-0.25, -0.2) is 21.9 Å². The minimum Gasteiger partial charge on any atom is -0.363 e. The van der Waals surface area contributed by atoms with E-state index in [1.165, 1.54) is 39.4 Å². The Balaban J connectivity index is 1.37. The van der Waals surface area contributed by atoms with Gasteiger partial charge in [0.05, 0.1) is 17.1 Å². The molecule has 1 saturated heterocycles. The van der Waals surface area contributed by atoms with Crippen LogP contribution < -0.4 is 10.6 Å². The number of benzene rings is 2. The van der Waals surface area contributed by atoms with Gasteiger partial charge in [-0.3, -0.25) is 4.79 Å². The van der Waals surface area contributed by atoms with Crippen LogP contribution in [-0.2, 0) is 10.0 Å². The Kier molecular flexibility index (Phi) is 6.52. The van der Waals surface area contributed by atoms with Crippen LogP contribution in [0.4, 0.5) is 20.3 Å². The van der Waals surface area contributed by atoms with Crippen LogP contribution in [0.3, 0.4) is 0 Å². The molecule has 5 rings (SSSR count). The van der Waals surface area contributed by atoms with Crippen LogP contribution in [0.25, 0.3) is 0 Å². The fraction of sp³-hybridized carbons (Fsp3) is 0.360. The molecule has 2 N–H and O–H groups in total. The van der Waals surface area contributed by atoms with Crippen molar-refractivity contribution in [2.45, 2.75) is 49.6 Å². The van der Waals surface area contributed by atoms with Crippen molar-refractivity contribution in [3.05, 3.63) is 71.4 Å². The fourth-order valence-corrected chi connectivity index (χ4v) is 6.22. The number of carbonyl (C=O) groups is 1. The van der Waals surface area contributed by atoms with Gasteiger partial charge in [-0.2, -0.15) is 9.40 Å². The Morgan fingerprint density at radius 2 is 1.75 bits per heavy atom. The minimum absolute atomic E-state index is 0.128. The van der Waals surface area contributed by atoms with Gasteiger partial charge in [-0.1, -0.05) is 29.8 Å². The summed E-state index contributed by atoms with van der Waals surface area (Å²) in [5.74, 6) is -0.306. The molecular weight excluding hydrogens is 488 g/mol. The Morgan fingerprint density at radius 3 is 2.39 bits per heavy atom. The van der Waals surface area contributed by atoms with Crippen LogP contribution >= 0.6 is 0 Å². The van der Waals surface area contributed by atoms with Gasteiger partial charge in [0, 0.05) is 18.8 Å². The lowest BCUT2D eigenvalue weighted by atomic mass is 9.96. The molecular formula is C25H27F2N5O3S. The number of hydrogen-bond acceptors (Lipinski definition) is 5. The SMILES string of the molecule is Cc1ccc([C@H]2C[C@@H](C(F)F)n3ncc(C(=O)Nc4ccc(S(=O)(=O)N5CCCC5)cc4)c3N2)cc1. The van der Waals surface area contributed by atoms with Crippen LogP contribution in [0.5, 0.6) is 0 Å². The number of anilines is 2. The van der Waals surface area contributed by atoms with Crippen molar-refractivity contribution in [3.63, 3.8) is 0 Å². The van der Waals surface area contributed by atoms with Crippen molar-refractivity contribution < 1.29 is 22.0 Å². The summed E-state index contributed by atoms with van der Waals surface area (Å²) in [4.78, 5) is 13.2. The number of alkyl halides is 2. The van der Waals surface area contributed by atoms with Gasteiger partial charge in [0.15, 0.2) is 0 Å². The number of sulfonamides is 1. The maximum absolute atomic E-state index is 13.9. The maximum Gasteiger partial charge on any atom is 0.261 e. The van der Waals surface area contributed by atoms with Crippen LogP contribution in [0, 0.1) is 6.92 Å². The quantitative estimate of drug-likeness (QED) is 0.501. The molecule has 2 atom stereocenters. The topological polar surface area (TPSA) is 96.3 Å². The van der Waals surface area contributed by atoms with E-state index in [4.69, 9.17) is 0 Å². The van der Waals surface area contributed by atoms with Gasteiger partial charge in [0.25, 0.3) is 12.3 Å². The molecule has 36 heavy (non-hydrogen) atoms. The molecule has 0 aliphatic carbocycles. The summed E-state index contributed by atoms with van der Waals surface area (Å²) in [6.07, 6.45) is 0.434. The predicted molar refractivity (Wildman–Crippen MR) is 132 cm³/mol. The number of aryl methyl sites for hydroxylation is 1. The van der Waals surface area contributed by atoms with Crippen LogP contribution in [0.15, 0.2) is 59.6 Å². The van der Waals surface area contributed by atoms with Gasteiger partial charge < -0.3 is 10.6 Å². The largest absolute Gasteiger partial charge is 0.363 e. The average molecular weight is 516 g/mol. The average Bonchev–Trinajstić information content (AvgIpc) is 3.55. The molecule has 1 amide bonds. The van der Waals surface area contributed by atoms with Gasteiger partial charge >= 0.3 is 0 Å². The summed E-state index contributed by atoms with van der Waals surface area (Å²) in [5, 5.41) is 10.0. The van der Waals surface area contributed by atoms with Gasteiger partial charge in [-0.05, 0) is 56.0 Å². The van der Waals surface area contributed by atoms with E-state index in [0.717, 1.165) is 24.0 Å². The fourth-order valence-electron chi connectivity index (χ4n) is 4.70. The Labute approximate surface area is 208 Å². The zero-order chi connectivity index (χ0) is 25.4. The number of aromatic nitrogens is 2. The standard InChI is InChI=1S/C25H27F2N5O3S/c1-16-4-6-17(7-5-16)21-14-22(23(26)27)32-24(30-21)20(15-28-32)25(33)29-18-8-10-19(11-9-18)36(34,35)31-12-2-3-13-31/h4-11,15,21-23,30H,2-3,12-14H2,1H3,(H,29,33)/t21-,22+/m1/s1. The molecule has 3 aromatic rings. The second-order valence-corrected chi connectivity index (χ2v) is 11.1. The molecule has 0 radical (unpaired) electrons. The number of hydrogen-bond donors (Lipinski definition) is 2. The first kappa shape index (κ1) is 24.4. The molecule has 3 heterocycles. The normalized spacial score (nSPS) is 20.2. The van der Waals surface area contributed by atoms with E-state index in [1.807, 2.05) is 31.2 Å². The monoisotopic (exact) mass is 515 g/mol. The molecule has 190 valence electrons. The molecule has 2 aromatic carbocycles. The number of carbonyl (C=O) groups excluding carboxylic acids is 1. The van der Waals surface area contributed by atoms with Crippen molar-refractivity contribution in [1.82, 2.24) is 14.1 Å². The van der Waals surface area contributed by atoms with Gasteiger partial charge in [0.1, 0.15) is 17.4 Å². The Bertz CT molecular complexity index is 1350. The summed E-state index contributed by atoms with van der Waals surface area (Å²) in [6.45, 7) is 2.96. The highest BCUT2D eigenvalue weighted by atomic mass is 32.2. The van der Waals surface area contributed by atoms with Crippen LogP contribution in [0.1, 0.15) is 52.8 Å². The third-order valence-corrected chi connectivity index (χ3v) is 8.64. The Hall–Kier alpha value is -3.31. The smallest absolute Gasteiger partial charge is 0.261 e. The van der Waals surface area contributed by atoms with Crippen molar-refractivity contribution in [2.24, 2.45) is 0 Å². The molecule has 1 fully saturated rings. The van der Waals surface area contributed by atoms with Gasteiger partial charge in [-0.15, -0.1) is 0 Å². The lowest BCUT2D eigenvalue weighted by Crippen LogP contribution is -2.31. The van der Waals surface area contributed by atoms with E-state index in [0.29, 0.717) is 18.8 Å². The molecule has 0 saturated carbocycles. The molecule has 2 aliphatic heterocycles. The number of rotatable bonds is 6. The lowest BCUT2D eigenvalue weighted by Gasteiger charge is -2.32. The second kappa shape index (κ2) is 9.62. The first-order chi connectivity index (χ1) is 17.2. The van der Waals surface area contributed by atoms with E-state index in [-0.39, 0.29) is 22.7 Å². The highest BCUT2D eigenvalue weighted by Crippen LogP contribution is 2.39. The molecule has 11 heteroatoms. The predicted octanol–water partition coefficient (Wildman–Crippen LogP) is 4.59. The third kappa shape index (κ3) is 4.60. The third-order valence-electron chi connectivity index (χ3n) is 6.73. The molecule has 0 spiro atoms. The Morgan fingerprint density at radius 1 is 1.08 bits per heavy atom. The summed E-state index contributed by atoms with van der Waals surface area (Å²) in [7, 11) is -3.56. The number of nitrogens with one attached hydrogen (secondary N) is 2. The van der Waals surface area contributed by atoms with Crippen molar-refractivity contribution in [3.8, 4) is 0 Å². The van der Waals surface area contributed by atoms with E-state index >= 15 is 0 Å². The molecule has 0 bridgehead atoms. The van der Waals surface area contributed by atoms with E-state index in [1.54, 1.807) is 0 Å². The lowest BCUT2D eigenvalue weighted by molar-refractivity contribution is 0.0657. The maximum atomic E-state index is 13.9. The van der Waals surface area contributed by atoms with E-state index in [2.05, 4.69) is 15.7 Å². The summed E-state index contributed by atoms with van der Waals surface area (Å²) >= 11 is 0. The molecule has 8 nitrogen and oxygen atoms in total. The van der Waals surface area contributed by atoms with E-state index < -0.39 is 34.4 Å². The van der Waals surface area contributed by atoms with Crippen LogP contribution in [-0.4, -0.2) is 47.9 Å². The first-order valence-corrected chi connectivity index (χ1v) is 13.3. The zero-order valence-electron chi connectivity index (χ0n) is 19.7. The van der Waals surface area contributed by atoms with Crippen LogP contribution in [0.2, 0.25) is 0 Å². The number of nitrogens with zero attached hydrogens (tertiary/aromatic N) is 3. The van der Waals surface area contributed by atoms with Crippen molar-refractivity contribution >= 4 is 27.4 Å². The number of halogens is 2. The molecule has 1 aromatic heterocycles. The first-order valence-electron chi connectivity index (χ1n) is 11.8. The number of amides is 1.